The number of benzene rings is 3. The number of hydrogen-bond acceptors (Lipinski definition) is 6. The maximum absolute atomic E-state index is 12.9. The molecule has 0 atom stereocenters. The predicted octanol–water partition coefficient (Wildman–Crippen LogP) is 5.65. The van der Waals surface area contributed by atoms with Gasteiger partial charge in [-0.3, -0.25) is 10.1 Å². The highest BCUT2D eigenvalue weighted by atomic mass is 32.1. The van der Waals surface area contributed by atoms with Crippen molar-refractivity contribution in [3.63, 3.8) is 0 Å². The molecule has 0 unspecified atom stereocenters. The van der Waals surface area contributed by atoms with E-state index in [1.807, 2.05) is 66.7 Å². The van der Waals surface area contributed by atoms with E-state index in [0.717, 1.165) is 60.1 Å². The lowest BCUT2D eigenvalue weighted by molar-refractivity contribution is 0.0696. The van der Waals surface area contributed by atoms with Crippen LogP contribution in [0.1, 0.15) is 32.5 Å². The van der Waals surface area contributed by atoms with Crippen molar-refractivity contribution in [2.45, 2.75) is 13.3 Å². The van der Waals surface area contributed by atoms with Crippen LogP contribution in [-0.2, 0) is 6.42 Å². The number of nitrogens with one attached hydrogen (secondary N) is 1. The molecule has 0 aliphatic carbocycles. The predicted molar refractivity (Wildman–Crippen MR) is 149 cm³/mol. The molecule has 37 heavy (non-hydrogen) atoms. The Hall–Kier alpha value is -4.17. The van der Waals surface area contributed by atoms with Crippen molar-refractivity contribution in [2.24, 2.45) is 0 Å². The minimum Gasteiger partial charge on any atom is -0.478 e. The molecule has 1 saturated heterocycles. The van der Waals surface area contributed by atoms with Crippen LogP contribution in [0.25, 0.3) is 11.3 Å². The Bertz CT molecular complexity index is 1380. The van der Waals surface area contributed by atoms with Crippen molar-refractivity contribution in [1.29, 1.82) is 0 Å². The van der Waals surface area contributed by atoms with Gasteiger partial charge in [-0.2, -0.15) is 0 Å². The Morgan fingerprint density at radius 3 is 1.89 bits per heavy atom. The number of rotatable bonds is 7. The minimum atomic E-state index is -0.914. The average Bonchev–Trinajstić information content (AvgIpc) is 3.36. The molecule has 1 fully saturated rings. The first-order chi connectivity index (χ1) is 18.0. The van der Waals surface area contributed by atoms with Gasteiger partial charge in [0.05, 0.1) is 11.3 Å². The third kappa shape index (κ3) is 5.49. The van der Waals surface area contributed by atoms with Crippen molar-refractivity contribution in [1.82, 2.24) is 4.98 Å². The number of nitrogens with zero attached hydrogens (tertiary/aromatic N) is 3. The molecule has 2 N–H and O–H groups in total. The molecule has 4 aromatic rings. The summed E-state index contributed by atoms with van der Waals surface area (Å²) in [5.41, 5.74) is 4.97. The normalized spacial score (nSPS) is 13.4. The van der Waals surface area contributed by atoms with Crippen molar-refractivity contribution in [2.75, 3.05) is 41.3 Å². The summed E-state index contributed by atoms with van der Waals surface area (Å²) in [6.07, 6.45) is 0.855. The fourth-order valence-corrected chi connectivity index (χ4v) is 5.42. The monoisotopic (exact) mass is 512 g/mol. The van der Waals surface area contributed by atoms with Crippen LogP contribution < -0.4 is 15.1 Å². The van der Waals surface area contributed by atoms with E-state index >= 15 is 0 Å². The molecule has 8 heteroatoms. The molecule has 1 aromatic heterocycles. The average molecular weight is 513 g/mol. The summed E-state index contributed by atoms with van der Waals surface area (Å²) >= 11 is 1.52. The van der Waals surface area contributed by atoms with Crippen LogP contribution in [0.2, 0.25) is 0 Å². The first-order valence-corrected chi connectivity index (χ1v) is 13.1. The number of carboxylic acid groups (broad SMARTS) is 1. The Balaban J connectivity index is 1.20. The van der Waals surface area contributed by atoms with Crippen LogP contribution in [0.15, 0.2) is 78.9 Å². The number of hydrogen-bond donors (Lipinski definition) is 2. The molecule has 7 nitrogen and oxygen atoms in total. The summed E-state index contributed by atoms with van der Waals surface area (Å²) in [4.78, 5) is 34.4. The first-order valence-electron chi connectivity index (χ1n) is 12.3. The summed E-state index contributed by atoms with van der Waals surface area (Å²) in [7, 11) is 0. The van der Waals surface area contributed by atoms with Crippen LogP contribution in [0, 0.1) is 0 Å². The lowest BCUT2D eigenvalue weighted by atomic mass is 10.1. The summed E-state index contributed by atoms with van der Waals surface area (Å²) in [6, 6.07) is 24.7. The topological polar surface area (TPSA) is 85.8 Å². The first kappa shape index (κ1) is 24.5. The van der Waals surface area contributed by atoms with E-state index in [1.54, 1.807) is 12.1 Å². The highest BCUT2D eigenvalue weighted by molar-refractivity contribution is 7.16. The van der Waals surface area contributed by atoms with E-state index in [1.165, 1.54) is 11.3 Å². The lowest BCUT2D eigenvalue weighted by Gasteiger charge is -2.37. The molecule has 0 spiro atoms. The highest BCUT2D eigenvalue weighted by Crippen LogP contribution is 2.32. The van der Waals surface area contributed by atoms with Gasteiger partial charge in [-0.1, -0.05) is 37.3 Å². The van der Waals surface area contributed by atoms with Crippen LogP contribution in [0.4, 0.5) is 16.5 Å². The number of anilines is 3. The van der Waals surface area contributed by atoms with E-state index in [2.05, 4.69) is 22.0 Å². The van der Waals surface area contributed by atoms with Crippen molar-refractivity contribution in [3.8, 4) is 11.3 Å². The van der Waals surface area contributed by atoms with Gasteiger partial charge in [-0.15, -0.1) is 11.3 Å². The van der Waals surface area contributed by atoms with Gasteiger partial charge in [0.25, 0.3) is 5.91 Å². The molecule has 5 rings (SSSR count). The van der Waals surface area contributed by atoms with Gasteiger partial charge in [0, 0.05) is 53.6 Å². The standard InChI is InChI=1S/C29H28N4O3S/c1-2-25-26(20-6-4-3-5-7-20)30-29(37-25)31-27(34)21-8-12-23(13-9-21)32-16-18-33(19-17-32)24-14-10-22(11-15-24)28(35)36/h3-15H,2,16-19H2,1H3,(H,35,36)(H,30,31,34). The van der Waals surface area contributed by atoms with E-state index < -0.39 is 5.97 Å². The molecule has 1 aliphatic rings. The molecule has 2 heterocycles. The van der Waals surface area contributed by atoms with E-state index in [9.17, 15) is 9.59 Å². The number of aromatic nitrogens is 1. The number of carboxylic acids is 1. The van der Waals surface area contributed by atoms with Gasteiger partial charge in [0.2, 0.25) is 0 Å². The molecule has 0 bridgehead atoms. The number of aromatic carboxylic acids is 1. The number of amides is 1. The molecule has 1 amide bonds. The van der Waals surface area contributed by atoms with Crippen LogP contribution in [0.3, 0.4) is 0 Å². The lowest BCUT2D eigenvalue weighted by Crippen LogP contribution is -2.46. The number of piperazine rings is 1. The summed E-state index contributed by atoms with van der Waals surface area (Å²) in [5.74, 6) is -1.08. The molecular formula is C29H28N4O3S. The maximum atomic E-state index is 12.9. The van der Waals surface area contributed by atoms with Gasteiger partial charge >= 0.3 is 5.97 Å². The SMILES string of the molecule is CCc1sc(NC(=O)c2ccc(N3CCN(c4ccc(C(=O)O)cc4)CC3)cc2)nc1-c1ccccc1. The third-order valence-electron chi connectivity index (χ3n) is 6.54. The van der Waals surface area contributed by atoms with Gasteiger partial charge in [0.1, 0.15) is 0 Å². The van der Waals surface area contributed by atoms with E-state index in [0.29, 0.717) is 16.3 Å². The zero-order chi connectivity index (χ0) is 25.8. The Kier molecular flexibility index (Phi) is 7.18. The smallest absolute Gasteiger partial charge is 0.335 e. The quantitative estimate of drug-likeness (QED) is 0.333. The minimum absolute atomic E-state index is 0.169. The van der Waals surface area contributed by atoms with E-state index in [4.69, 9.17) is 10.1 Å². The number of carbonyl (C=O) groups excluding carboxylic acids is 1. The summed E-state index contributed by atoms with van der Waals surface area (Å²) < 4.78 is 0. The van der Waals surface area contributed by atoms with Crippen LogP contribution >= 0.6 is 11.3 Å². The molecule has 0 radical (unpaired) electrons. The number of carbonyl (C=O) groups is 2. The van der Waals surface area contributed by atoms with Crippen molar-refractivity contribution in [3.05, 3.63) is 94.9 Å². The Morgan fingerprint density at radius 1 is 0.838 bits per heavy atom. The summed E-state index contributed by atoms with van der Waals surface area (Å²) in [6.45, 7) is 5.45. The largest absolute Gasteiger partial charge is 0.478 e. The van der Waals surface area contributed by atoms with Gasteiger partial charge in [-0.05, 0) is 55.0 Å². The zero-order valence-electron chi connectivity index (χ0n) is 20.6. The second-order valence-electron chi connectivity index (χ2n) is 8.84. The summed E-state index contributed by atoms with van der Waals surface area (Å²) in [5, 5.41) is 12.7. The van der Waals surface area contributed by atoms with Crippen molar-refractivity contribution >= 4 is 39.7 Å². The fourth-order valence-electron chi connectivity index (χ4n) is 4.50. The molecule has 3 aromatic carbocycles. The number of aryl methyl sites for hydroxylation is 1. The molecular weight excluding hydrogens is 484 g/mol. The molecule has 0 saturated carbocycles. The van der Waals surface area contributed by atoms with Crippen LogP contribution in [0.5, 0.6) is 0 Å². The number of thiazole rings is 1. The van der Waals surface area contributed by atoms with Crippen molar-refractivity contribution < 1.29 is 14.7 Å². The van der Waals surface area contributed by atoms with Gasteiger partial charge < -0.3 is 14.9 Å². The van der Waals surface area contributed by atoms with Gasteiger partial charge in [-0.25, -0.2) is 9.78 Å². The van der Waals surface area contributed by atoms with E-state index in [-0.39, 0.29) is 5.91 Å². The molecule has 188 valence electrons. The van der Waals surface area contributed by atoms with Gasteiger partial charge in [0.15, 0.2) is 5.13 Å². The fraction of sp³-hybridized carbons (Fsp3) is 0.207. The highest BCUT2D eigenvalue weighted by Gasteiger charge is 2.19. The second-order valence-corrected chi connectivity index (χ2v) is 9.92. The third-order valence-corrected chi connectivity index (χ3v) is 7.65. The Morgan fingerprint density at radius 2 is 1.38 bits per heavy atom. The second kappa shape index (κ2) is 10.8. The van der Waals surface area contributed by atoms with Crippen LogP contribution in [-0.4, -0.2) is 48.1 Å². The maximum Gasteiger partial charge on any atom is 0.335 e. The molecule has 1 aliphatic heterocycles. The zero-order valence-corrected chi connectivity index (χ0v) is 21.4. The Labute approximate surface area is 220 Å².